The molecule has 3 N–H and O–H groups in total. The molecule has 0 saturated heterocycles. The van der Waals surface area contributed by atoms with E-state index in [0.29, 0.717) is 26.1 Å². The zero-order chi connectivity index (χ0) is 13.6. The standard InChI is InChI=1S/C10H20N4O3S/c1-9(3-6-17-2)13-18(15,16)10-7-12-14(8-10)5-4-11/h7-9,13H,3-6,11H2,1-2H3. The van der Waals surface area contributed by atoms with Gasteiger partial charge in [0, 0.05) is 32.5 Å². The summed E-state index contributed by atoms with van der Waals surface area (Å²) >= 11 is 0. The number of rotatable bonds is 8. The first-order valence-corrected chi connectivity index (χ1v) is 7.21. The van der Waals surface area contributed by atoms with Crippen molar-refractivity contribution in [3.05, 3.63) is 12.4 Å². The lowest BCUT2D eigenvalue weighted by Gasteiger charge is -2.12. The van der Waals surface area contributed by atoms with Crippen molar-refractivity contribution < 1.29 is 13.2 Å². The highest BCUT2D eigenvalue weighted by molar-refractivity contribution is 7.89. The number of hydrogen-bond donors (Lipinski definition) is 2. The van der Waals surface area contributed by atoms with Crippen LogP contribution in [0.25, 0.3) is 0 Å². The van der Waals surface area contributed by atoms with Gasteiger partial charge < -0.3 is 10.5 Å². The topological polar surface area (TPSA) is 99.2 Å². The van der Waals surface area contributed by atoms with Crippen LogP contribution in [0.15, 0.2) is 17.3 Å². The second kappa shape index (κ2) is 6.83. The first kappa shape index (κ1) is 15.1. The van der Waals surface area contributed by atoms with Gasteiger partial charge in [-0.2, -0.15) is 5.10 Å². The fourth-order valence-electron chi connectivity index (χ4n) is 1.42. The summed E-state index contributed by atoms with van der Waals surface area (Å²) in [7, 11) is -1.94. The average molecular weight is 276 g/mol. The molecule has 0 fully saturated rings. The molecule has 0 aromatic carbocycles. The van der Waals surface area contributed by atoms with Gasteiger partial charge in [0.15, 0.2) is 0 Å². The van der Waals surface area contributed by atoms with Gasteiger partial charge >= 0.3 is 0 Å². The molecular formula is C10H20N4O3S. The minimum Gasteiger partial charge on any atom is -0.385 e. The lowest BCUT2D eigenvalue weighted by molar-refractivity contribution is 0.188. The summed E-state index contributed by atoms with van der Waals surface area (Å²) in [4.78, 5) is 0.153. The SMILES string of the molecule is COCCC(C)NS(=O)(=O)c1cnn(CCN)c1. The number of aromatic nitrogens is 2. The minimum atomic E-state index is -3.52. The number of sulfonamides is 1. The number of methoxy groups -OCH3 is 1. The van der Waals surface area contributed by atoms with Gasteiger partial charge in [-0.3, -0.25) is 4.68 Å². The fraction of sp³-hybridized carbons (Fsp3) is 0.700. The van der Waals surface area contributed by atoms with E-state index in [1.165, 1.54) is 17.1 Å². The summed E-state index contributed by atoms with van der Waals surface area (Å²) in [6, 6.07) is -0.187. The molecule has 18 heavy (non-hydrogen) atoms. The smallest absolute Gasteiger partial charge is 0.243 e. The minimum absolute atomic E-state index is 0.153. The largest absolute Gasteiger partial charge is 0.385 e. The Balaban J connectivity index is 2.67. The predicted molar refractivity (Wildman–Crippen MR) is 67.6 cm³/mol. The maximum atomic E-state index is 12.0. The maximum absolute atomic E-state index is 12.0. The van der Waals surface area contributed by atoms with E-state index >= 15 is 0 Å². The third-order valence-corrected chi connectivity index (χ3v) is 3.93. The highest BCUT2D eigenvalue weighted by Gasteiger charge is 2.19. The molecule has 8 heteroatoms. The van der Waals surface area contributed by atoms with Crippen molar-refractivity contribution in [2.45, 2.75) is 30.8 Å². The number of ether oxygens (including phenoxy) is 1. The van der Waals surface area contributed by atoms with E-state index in [0.717, 1.165) is 0 Å². The summed E-state index contributed by atoms with van der Waals surface area (Å²) in [6.07, 6.45) is 3.41. The Labute approximate surface area is 107 Å². The van der Waals surface area contributed by atoms with Crippen LogP contribution >= 0.6 is 0 Å². The summed E-state index contributed by atoms with van der Waals surface area (Å²) in [5, 5.41) is 3.93. The van der Waals surface area contributed by atoms with Crippen molar-refractivity contribution >= 4 is 10.0 Å². The summed E-state index contributed by atoms with van der Waals surface area (Å²) < 4.78 is 33.0. The zero-order valence-corrected chi connectivity index (χ0v) is 11.5. The van der Waals surface area contributed by atoms with Crippen LogP contribution in [0.5, 0.6) is 0 Å². The normalized spacial score (nSPS) is 13.7. The summed E-state index contributed by atoms with van der Waals surface area (Å²) in [5.74, 6) is 0. The van der Waals surface area contributed by atoms with Crippen LogP contribution in [0.4, 0.5) is 0 Å². The van der Waals surface area contributed by atoms with Gasteiger partial charge in [-0.1, -0.05) is 0 Å². The van der Waals surface area contributed by atoms with E-state index in [2.05, 4.69) is 9.82 Å². The van der Waals surface area contributed by atoms with Gasteiger partial charge in [0.05, 0.1) is 12.7 Å². The van der Waals surface area contributed by atoms with E-state index in [1.807, 2.05) is 0 Å². The molecule has 0 saturated carbocycles. The molecular weight excluding hydrogens is 256 g/mol. The Bertz CT molecular complexity index is 457. The molecule has 1 aromatic heterocycles. The van der Waals surface area contributed by atoms with Crippen molar-refractivity contribution in [3.8, 4) is 0 Å². The van der Waals surface area contributed by atoms with Gasteiger partial charge in [0.25, 0.3) is 0 Å². The Morgan fingerprint density at radius 3 is 2.94 bits per heavy atom. The number of nitrogens with zero attached hydrogens (tertiary/aromatic N) is 2. The molecule has 0 bridgehead atoms. The van der Waals surface area contributed by atoms with Crippen molar-refractivity contribution in [3.63, 3.8) is 0 Å². The zero-order valence-electron chi connectivity index (χ0n) is 10.7. The molecule has 1 atom stereocenters. The van der Waals surface area contributed by atoms with Crippen LogP contribution in [0.1, 0.15) is 13.3 Å². The second-order valence-electron chi connectivity index (χ2n) is 4.03. The molecule has 1 heterocycles. The molecule has 0 spiro atoms. The van der Waals surface area contributed by atoms with Crippen molar-refractivity contribution in [1.82, 2.24) is 14.5 Å². The molecule has 7 nitrogen and oxygen atoms in total. The third-order valence-electron chi connectivity index (χ3n) is 2.39. The molecule has 104 valence electrons. The first-order chi connectivity index (χ1) is 8.49. The third kappa shape index (κ3) is 4.37. The molecule has 1 rings (SSSR count). The Hall–Kier alpha value is -0.960. The van der Waals surface area contributed by atoms with Crippen LogP contribution < -0.4 is 10.5 Å². The van der Waals surface area contributed by atoms with E-state index in [9.17, 15) is 8.42 Å². The first-order valence-electron chi connectivity index (χ1n) is 5.73. The van der Waals surface area contributed by atoms with Crippen molar-refractivity contribution in [1.29, 1.82) is 0 Å². The fourth-order valence-corrected chi connectivity index (χ4v) is 2.65. The van der Waals surface area contributed by atoms with Gasteiger partial charge in [0.1, 0.15) is 4.90 Å². The van der Waals surface area contributed by atoms with Crippen LogP contribution in [0, 0.1) is 0 Å². The summed E-state index contributed by atoms with van der Waals surface area (Å²) in [6.45, 7) is 3.21. The molecule has 0 radical (unpaired) electrons. The van der Waals surface area contributed by atoms with Crippen LogP contribution in [-0.4, -0.2) is 44.5 Å². The predicted octanol–water partition coefficient (Wildman–Crippen LogP) is -0.455. The lowest BCUT2D eigenvalue weighted by Crippen LogP contribution is -2.33. The maximum Gasteiger partial charge on any atom is 0.243 e. The molecule has 0 aliphatic carbocycles. The Morgan fingerprint density at radius 2 is 2.33 bits per heavy atom. The highest BCUT2D eigenvalue weighted by atomic mass is 32.2. The summed E-state index contributed by atoms with van der Waals surface area (Å²) in [5.41, 5.74) is 5.37. The molecule has 1 aromatic rings. The molecule has 1 unspecified atom stereocenters. The van der Waals surface area contributed by atoms with E-state index < -0.39 is 10.0 Å². The number of nitrogens with one attached hydrogen (secondary N) is 1. The van der Waals surface area contributed by atoms with Crippen LogP contribution in [0.2, 0.25) is 0 Å². The van der Waals surface area contributed by atoms with E-state index in [4.69, 9.17) is 10.5 Å². The number of hydrogen-bond acceptors (Lipinski definition) is 5. The monoisotopic (exact) mass is 276 g/mol. The van der Waals surface area contributed by atoms with E-state index in [1.54, 1.807) is 14.0 Å². The van der Waals surface area contributed by atoms with Gasteiger partial charge in [-0.25, -0.2) is 13.1 Å². The molecule has 0 aliphatic heterocycles. The quantitative estimate of drug-likeness (QED) is 0.669. The Morgan fingerprint density at radius 1 is 1.61 bits per heavy atom. The molecule has 0 amide bonds. The van der Waals surface area contributed by atoms with Crippen LogP contribution in [0.3, 0.4) is 0 Å². The Kier molecular flexibility index (Phi) is 5.73. The van der Waals surface area contributed by atoms with Gasteiger partial charge in [-0.15, -0.1) is 0 Å². The molecule has 0 aliphatic rings. The van der Waals surface area contributed by atoms with Crippen LogP contribution in [-0.2, 0) is 21.3 Å². The van der Waals surface area contributed by atoms with Gasteiger partial charge in [-0.05, 0) is 13.3 Å². The van der Waals surface area contributed by atoms with Crippen molar-refractivity contribution in [2.75, 3.05) is 20.3 Å². The average Bonchev–Trinajstić information content (AvgIpc) is 2.75. The van der Waals surface area contributed by atoms with Crippen molar-refractivity contribution in [2.24, 2.45) is 5.73 Å². The highest BCUT2D eigenvalue weighted by Crippen LogP contribution is 2.08. The second-order valence-corrected chi connectivity index (χ2v) is 5.75. The van der Waals surface area contributed by atoms with Gasteiger partial charge in [0.2, 0.25) is 10.0 Å². The number of nitrogens with two attached hydrogens (primary N) is 1. The lowest BCUT2D eigenvalue weighted by atomic mass is 10.3. The van der Waals surface area contributed by atoms with E-state index in [-0.39, 0.29) is 10.9 Å².